The van der Waals surface area contributed by atoms with Crippen LogP contribution in [0.2, 0.25) is 0 Å². The number of nitriles is 1. The number of rotatable bonds is 4. The van der Waals surface area contributed by atoms with Crippen LogP contribution in [-0.4, -0.2) is 15.1 Å². The Bertz CT molecular complexity index is 486. The Morgan fingerprint density at radius 1 is 1.44 bits per heavy atom. The van der Waals surface area contributed by atoms with Gasteiger partial charge in [0.1, 0.15) is 0 Å². The summed E-state index contributed by atoms with van der Waals surface area (Å²) in [5, 5.41) is 12.3. The van der Waals surface area contributed by atoms with E-state index in [-0.39, 0.29) is 0 Å². The molecule has 5 nitrogen and oxygen atoms in total. The van der Waals surface area contributed by atoms with E-state index < -0.39 is 0 Å². The summed E-state index contributed by atoms with van der Waals surface area (Å²) in [5.41, 5.74) is 1.04. The van der Waals surface area contributed by atoms with Crippen molar-refractivity contribution in [3.8, 4) is 6.07 Å². The molecule has 0 bridgehead atoms. The van der Waals surface area contributed by atoms with E-state index >= 15 is 0 Å². The lowest BCUT2D eigenvalue weighted by Crippen LogP contribution is -1.92. The molecule has 0 aliphatic rings. The zero-order valence-corrected chi connectivity index (χ0v) is 8.63. The van der Waals surface area contributed by atoms with E-state index in [2.05, 4.69) is 15.1 Å². The molecule has 0 spiro atoms. The molecule has 0 saturated carbocycles. The molecular formula is C11H10N4O. The standard InChI is InChI=1S/C11H10N4O/c12-5-1-4-11-14-10(15-16-11)7-9-3-2-6-13-8-9/h2-3,6,8H,1,4,7H2. The zero-order chi connectivity index (χ0) is 11.2. The maximum atomic E-state index is 8.42. The van der Waals surface area contributed by atoms with Crippen LogP contribution < -0.4 is 0 Å². The monoisotopic (exact) mass is 214 g/mol. The van der Waals surface area contributed by atoms with Gasteiger partial charge in [0, 0.05) is 31.7 Å². The van der Waals surface area contributed by atoms with Crippen molar-refractivity contribution < 1.29 is 4.52 Å². The van der Waals surface area contributed by atoms with Gasteiger partial charge in [-0.25, -0.2) is 0 Å². The highest BCUT2D eigenvalue weighted by Crippen LogP contribution is 2.06. The second kappa shape index (κ2) is 5.03. The molecule has 0 N–H and O–H groups in total. The fourth-order valence-corrected chi connectivity index (χ4v) is 1.31. The summed E-state index contributed by atoms with van der Waals surface area (Å²) in [4.78, 5) is 8.19. The minimum atomic E-state index is 0.397. The van der Waals surface area contributed by atoms with Crippen LogP contribution in [0.15, 0.2) is 29.0 Å². The Morgan fingerprint density at radius 3 is 3.12 bits per heavy atom. The van der Waals surface area contributed by atoms with Crippen LogP contribution in [0, 0.1) is 11.3 Å². The van der Waals surface area contributed by atoms with Crippen LogP contribution in [0.5, 0.6) is 0 Å². The Hall–Kier alpha value is -2.22. The topological polar surface area (TPSA) is 75.6 Å². The van der Waals surface area contributed by atoms with Crippen molar-refractivity contribution in [1.29, 1.82) is 5.26 Å². The highest BCUT2D eigenvalue weighted by molar-refractivity contribution is 5.13. The van der Waals surface area contributed by atoms with Gasteiger partial charge in [0.2, 0.25) is 5.89 Å². The summed E-state index contributed by atoms with van der Waals surface area (Å²) >= 11 is 0. The van der Waals surface area contributed by atoms with Crippen LogP contribution in [0.4, 0.5) is 0 Å². The summed E-state index contributed by atoms with van der Waals surface area (Å²) in [6.07, 6.45) is 5.00. The molecule has 2 aromatic heterocycles. The maximum absolute atomic E-state index is 8.42. The Morgan fingerprint density at radius 2 is 2.38 bits per heavy atom. The van der Waals surface area contributed by atoms with E-state index in [9.17, 15) is 0 Å². The van der Waals surface area contributed by atoms with E-state index in [1.54, 1.807) is 12.4 Å². The summed E-state index contributed by atoms with van der Waals surface area (Å²) < 4.78 is 5.01. The van der Waals surface area contributed by atoms with Gasteiger partial charge < -0.3 is 4.52 Å². The molecule has 5 heteroatoms. The van der Waals surface area contributed by atoms with Crippen molar-refractivity contribution in [1.82, 2.24) is 15.1 Å². The fourth-order valence-electron chi connectivity index (χ4n) is 1.31. The number of nitrogens with zero attached hydrogens (tertiary/aromatic N) is 4. The van der Waals surface area contributed by atoms with Crippen molar-refractivity contribution in [2.24, 2.45) is 0 Å². The van der Waals surface area contributed by atoms with E-state index in [4.69, 9.17) is 9.78 Å². The minimum absolute atomic E-state index is 0.397. The molecule has 0 saturated heterocycles. The van der Waals surface area contributed by atoms with Crippen LogP contribution >= 0.6 is 0 Å². The molecule has 0 unspecified atom stereocenters. The number of aromatic nitrogens is 3. The minimum Gasteiger partial charge on any atom is -0.339 e. The second-order valence-electron chi connectivity index (χ2n) is 3.30. The summed E-state index contributed by atoms with van der Waals surface area (Å²) in [7, 11) is 0. The third-order valence-corrected chi connectivity index (χ3v) is 2.05. The summed E-state index contributed by atoms with van der Waals surface area (Å²) in [5.74, 6) is 1.14. The van der Waals surface area contributed by atoms with Crippen LogP contribution in [0.1, 0.15) is 23.7 Å². The Balaban J connectivity index is 2.01. The van der Waals surface area contributed by atoms with Crippen molar-refractivity contribution in [3.63, 3.8) is 0 Å². The SMILES string of the molecule is N#CCCc1nc(Cc2cccnc2)no1. The van der Waals surface area contributed by atoms with Crippen molar-refractivity contribution in [2.45, 2.75) is 19.3 Å². The first-order valence-electron chi connectivity index (χ1n) is 4.96. The molecule has 0 fully saturated rings. The summed E-state index contributed by atoms with van der Waals surface area (Å²) in [6, 6.07) is 5.86. The smallest absolute Gasteiger partial charge is 0.227 e. The highest BCUT2D eigenvalue weighted by atomic mass is 16.5. The van der Waals surface area contributed by atoms with Gasteiger partial charge in [0.15, 0.2) is 5.82 Å². The third kappa shape index (κ3) is 2.64. The van der Waals surface area contributed by atoms with Crippen LogP contribution in [0.3, 0.4) is 0 Å². The highest BCUT2D eigenvalue weighted by Gasteiger charge is 2.06. The molecular weight excluding hydrogens is 204 g/mol. The molecule has 0 radical (unpaired) electrons. The number of hydrogen-bond donors (Lipinski definition) is 0. The largest absolute Gasteiger partial charge is 0.339 e. The molecule has 0 atom stereocenters. The van der Waals surface area contributed by atoms with Gasteiger partial charge in [0.25, 0.3) is 0 Å². The first-order chi connectivity index (χ1) is 7.88. The van der Waals surface area contributed by atoms with Crippen LogP contribution in [0.25, 0.3) is 0 Å². The molecule has 2 aromatic rings. The van der Waals surface area contributed by atoms with Crippen molar-refractivity contribution in [2.75, 3.05) is 0 Å². The molecule has 2 rings (SSSR count). The van der Waals surface area contributed by atoms with Crippen molar-refractivity contribution in [3.05, 3.63) is 41.8 Å². The second-order valence-corrected chi connectivity index (χ2v) is 3.30. The molecule has 0 amide bonds. The van der Waals surface area contributed by atoms with E-state index in [0.29, 0.717) is 31.0 Å². The fraction of sp³-hybridized carbons (Fsp3) is 0.273. The molecule has 0 aromatic carbocycles. The maximum Gasteiger partial charge on any atom is 0.227 e. The Kier molecular flexibility index (Phi) is 3.24. The predicted octanol–water partition coefficient (Wildman–Crippen LogP) is 1.51. The summed E-state index contributed by atoms with van der Waals surface area (Å²) in [6.45, 7) is 0. The lowest BCUT2D eigenvalue weighted by Gasteiger charge is -1.93. The van der Waals surface area contributed by atoms with Gasteiger partial charge >= 0.3 is 0 Å². The van der Waals surface area contributed by atoms with Gasteiger partial charge in [-0.3, -0.25) is 4.98 Å². The quantitative estimate of drug-likeness (QED) is 0.771. The average molecular weight is 214 g/mol. The molecule has 2 heterocycles. The molecule has 16 heavy (non-hydrogen) atoms. The predicted molar refractivity (Wildman–Crippen MR) is 55.3 cm³/mol. The van der Waals surface area contributed by atoms with E-state index in [0.717, 1.165) is 5.56 Å². The average Bonchev–Trinajstić information content (AvgIpc) is 2.75. The number of hydrogen-bond acceptors (Lipinski definition) is 5. The molecule has 0 aliphatic heterocycles. The zero-order valence-electron chi connectivity index (χ0n) is 8.63. The molecule has 80 valence electrons. The number of pyridine rings is 1. The van der Waals surface area contributed by atoms with Gasteiger partial charge in [-0.2, -0.15) is 10.2 Å². The van der Waals surface area contributed by atoms with Crippen LogP contribution in [-0.2, 0) is 12.8 Å². The van der Waals surface area contributed by atoms with Gasteiger partial charge in [-0.1, -0.05) is 11.2 Å². The van der Waals surface area contributed by atoms with Gasteiger partial charge in [-0.15, -0.1) is 0 Å². The Labute approximate surface area is 92.7 Å². The van der Waals surface area contributed by atoms with E-state index in [1.807, 2.05) is 18.2 Å². The van der Waals surface area contributed by atoms with Gasteiger partial charge in [-0.05, 0) is 11.6 Å². The number of aryl methyl sites for hydroxylation is 1. The third-order valence-electron chi connectivity index (χ3n) is 2.05. The van der Waals surface area contributed by atoms with Gasteiger partial charge in [0.05, 0.1) is 6.07 Å². The lowest BCUT2D eigenvalue weighted by atomic mass is 10.2. The van der Waals surface area contributed by atoms with Crippen molar-refractivity contribution >= 4 is 0 Å². The lowest BCUT2D eigenvalue weighted by molar-refractivity contribution is 0.374. The normalized spacial score (nSPS) is 9.94. The molecule has 0 aliphatic carbocycles. The van der Waals surface area contributed by atoms with E-state index in [1.165, 1.54) is 0 Å². The first kappa shape index (κ1) is 10.3. The first-order valence-corrected chi connectivity index (χ1v) is 4.96.